The minimum atomic E-state index is -4.47. The first-order valence-corrected chi connectivity index (χ1v) is 5.84. The third-order valence-corrected chi connectivity index (χ3v) is 3.04. The number of ether oxygens (including phenoxy) is 1. The average molecular weight is 286 g/mol. The van der Waals surface area contributed by atoms with Crippen LogP contribution >= 0.6 is 0 Å². The first kappa shape index (κ1) is 14.4. The molecule has 108 valence electrons. The number of aromatic nitrogens is 1. The molecule has 0 saturated carbocycles. The van der Waals surface area contributed by atoms with Crippen molar-refractivity contribution in [2.75, 3.05) is 7.11 Å². The van der Waals surface area contributed by atoms with Crippen LogP contribution in [0, 0.1) is 0 Å². The van der Waals surface area contributed by atoms with Crippen LogP contribution in [-0.2, 0) is 22.1 Å². The van der Waals surface area contributed by atoms with Crippen LogP contribution in [0.5, 0.6) is 0 Å². The number of nitrogens with two attached hydrogens (primary N) is 1. The van der Waals surface area contributed by atoms with Crippen molar-refractivity contribution in [3.8, 4) is 0 Å². The Kier molecular flexibility index (Phi) is 3.71. The van der Waals surface area contributed by atoms with E-state index in [1.54, 1.807) is 0 Å². The molecule has 0 aliphatic rings. The number of hydrogen-bond donors (Lipinski definition) is 2. The number of carbonyl (C=O) groups excluding carboxylic acids is 1. The van der Waals surface area contributed by atoms with Crippen molar-refractivity contribution in [2.45, 2.75) is 18.6 Å². The molecule has 1 atom stereocenters. The van der Waals surface area contributed by atoms with Crippen LogP contribution in [0.2, 0.25) is 0 Å². The highest BCUT2D eigenvalue weighted by Crippen LogP contribution is 2.36. The van der Waals surface area contributed by atoms with E-state index >= 15 is 0 Å². The van der Waals surface area contributed by atoms with Gasteiger partial charge in [0, 0.05) is 23.5 Å². The zero-order valence-corrected chi connectivity index (χ0v) is 10.6. The van der Waals surface area contributed by atoms with Crippen LogP contribution < -0.4 is 5.73 Å². The average Bonchev–Trinajstić information content (AvgIpc) is 2.79. The molecule has 1 heterocycles. The fourth-order valence-electron chi connectivity index (χ4n) is 2.12. The molecule has 4 nitrogen and oxygen atoms in total. The summed E-state index contributed by atoms with van der Waals surface area (Å²) >= 11 is 0. The second kappa shape index (κ2) is 5.16. The lowest BCUT2D eigenvalue weighted by Gasteiger charge is -2.12. The van der Waals surface area contributed by atoms with Crippen molar-refractivity contribution in [1.29, 1.82) is 0 Å². The lowest BCUT2D eigenvalue weighted by molar-refractivity contribution is -0.142. The van der Waals surface area contributed by atoms with Gasteiger partial charge in [0.2, 0.25) is 0 Å². The third-order valence-electron chi connectivity index (χ3n) is 3.04. The molecule has 0 spiro atoms. The van der Waals surface area contributed by atoms with E-state index in [4.69, 9.17) is 5.73 Å². The van der Waals surface area contributed by atoms with E-state index in [1.807, 2.05) is 0 Å². The molecule has 1 unspecified atom stereocenters. The van der Waals surface area contributed by atoms with Crippen molar-refractivity contribution in [3.63, 3.8) is 0 Å². The van der Waals surface area contributed by atoms with Crippen LogP contribution in [0.15, 0.2) is 24.4 Å². The molecule has 0 fully saturated rings. The highest BCUT2D eigenvalue weighted by Gasteiger charge is 2.34. The molecule has 3 N–H and O–H groups in total. The minimum absolute atomic E-state index is 0.0280. The Hall–Kier alpha value is -2.02. The molecule has 0 amide bonds. The molecule has 1 aromatic heterocycles. The number of fused-ring (bicyclic) bond motifs is 1. The van der Waals surface area contributed by atoms with Gasteiger partial charge in [-0.1, -0.05) is 6.07 Å². The monoisotopic (exact) mass is 286 g/mol. The maximum absolute atomic E-state index is 13.0. The number of alkyl halides is 3. The summed E-state index contributed by atoms with van der Waals surface area (Å²) in [4.78, 5) is 14.0. The van der Waals surface area contributed by atoms with Gasteiger partial charge in [0.15, 0.2) is 0 Å². The van der Waals surface area contributed by atoms with Gasteiger partial charge >= 0.3 is 12.1 Å². The van der Waals surface area contributed by atoms with Crippen molar-refractivity contribution in [1.82, 2.24) is 4.98 Å². The summed E-state index contributed by atoms with van der Waals surface area (Å²) in [5, 5.41) is 0.0411. The van der Waals surface area contributed by atoms with E-state index < -0.39 is 23.8 Å². The van der Waals surface area contributed by atoms with Crippen LogP contribution in [0.25, 0.3) is 10.9 Å². The molecule has 2 rings (SSSR count). The van der Waals surface area contributed by atoms with E-state index in [-0.39, 0.29) is 11.8 Å². The second-order valence-electron chi connectivity index (χ2n) is 4.37. The quantitative estimate of drug-likeness (QED) is 0.850. The summed E-state index contributed by atoms with van der Waals surface area (Å²) < 4.78 is 43.5. The number of methoxy groups -OCH3 is 1. The molecule has 0 aliphatic carbocycles. The number of H-pyrrole nitrogens is 1. The van der Waals surface area contributed by atoms with Crippen molar-refractivity contribution < 1.29 is 22.7 Å². The number of nitrogens with one attached hydrogen (secondary N) is 1. The van der Waals surface area contributed by atoms with Crippen molar-refractivity contribution in [2.24, 2.45) is 5.73 Å². The van der Waals surface area contributed by atoms with Gasteiger partial charge < -0.3 is 15.5 Å². The van der Waals surface area contributed by atoms with Gasteiger partial charge in [0.25, 0.3) is 0 Å². The van der Waals surface area contributed by atoms with Crippen LogP contribution in [0.4, 0.5) is 13.2 Å². The first-order chi connectivity index (χ1) is 9.34. The number of carbonyl (C=O) groups is 1. The molecule has 7 heteroatoms. The van der Waals surface area contributed by atoms with Gasteiger partial charge in [-0.2, -0.15) is 13.2 Å². The molecule has 0 aliphatic heterocycles. The zero-order valence-electron chi connectivity index (χ0n) is 10.6. The molecule has 1 aromatic carbocycles. The Morgan fingerprint density at radius 3 is 2.75 bits per heavy atom. The summed E-state index contributed by atoms with van der Waals surface area (Å²) in [5.41, 5.74) is 5.54. The predicted octanol–water partition coefficient (Wildman–Crippen LogP) is 2.23. The maximum Gasteiger partial charge on any atom is 0.417 e. The summed E-state index contributed by atoms with van der Waals surface area (Å²) in [6.45, 7) is 0. The Labute approximate surface area is 112 Å². The largest absolute Gasteiger partial charge is 0.468 e. The smallest absolute Gasteiger partial charge is 0.417 e. The van der Waals surface area contributed by atoms with E-state index in [0.717, 1.165) is 6.07 Å². The van der Waals surface area contributed by atoms with Gasteiger partial charge in [-0.15, -0.1) is 0 Å². The Balaban J connectivity index is 2.47. The standard InChI is InChI=1S/C13H13F3N2O2/c1-20-12(19)9(17)5-7-6-18-10-4-2-3-8(11(7)10)13(14,15)16/h2-4,6,9,18H,5,17H2,1H3. The van der Waals surface area contributed by atoms with Gasteiger partial charge in [-0.25, -0.2) is 0 Å². The lowest BCUT2D eigenvalue weighted by Crippen LogP contribution is -2.33. The Morgan fingerprint density at radius 2 is 2.15 bits per heavy atom. The molecule has 20 heavy (non-hydrogen) atoms. The van der Waals surface area contributed by atoms with E-state index in [2.05, 4.69) is 9.72 Å². The lowest BCUT2D eigenvalue weighted by atomic mass is 10.0. The fourth-order valence-corrected chi connectivity index (χ4v) is 2.12. The molecule has 0 radical (unpaired) electrons. The van der Waals surface area contributed by atoms with Gasteiger partial charge in [-0.3, -0.25) is 4.79 Å². The summed E-state index contributed by atoms with van der Waals surface area (Å²) in [6, 6.07) is 2.87. The van der Waals surface area contributed by atoms with E-state index in [0.29, 0.717) is 11.1 Å². The third kappa shape index (κ3) is 2.62. The van der Waals surface area contributed by atoms with Crippen molar-refractivity contribution >= 4 is 16.9 Å². The van der Waals surface area contributed by atoms with Gasteiger partial charge in [0.05, 0.1) is 12.7 Å². The minimum Gasteiger partial charge on any atom is -0.468 e. The number of esters is 1. The maximum atomic E-state index is 13.0. The van der Waals surface area contributed by atoms with Crippen LogP contribution in [0.1, 0.15) is 11.1 Å². The van der Waals surface area contributed by atoms with Gasteiger partial charge in [0.1, 0.15) is 6.04 Å². The number of benzene rings is 1. The zero-order chi connectivity index (χ0) is 14.9. The molecular formula is C13H13F3N2O2. The normalized spacial score (nSPS) is 13.4. The number of rotatable bonds is 3. The summed E-state index contributed by atoms with van der Waals surface area (Å²) in [5.74, 6) is -0.663. The Morgan fingerprint density at radius 1 is 1.45 bits per heavy atom. The number of halogens is 3. The van der Waals surface area contributed by atoms with Gasteiger partial charge in [-0.05, 0) is 17.7 Å². The van der Waals surface area contributed by atoms with E-state index in [1.165, 1.54) is 25.4 Å². The molecule has 0 bridgehead atoms. The fraction of sp³-hybridized carbons (Fsp3) is 0.308. The highest BCUT2D eigenvalue weighted by atomic mass is 19.4. The van der Waals surface area contributed by atoms with Crippen LogP contribution in [-0.4, -0.2) is 24.1 Å². The summed E-state index contributed by atoms with van der Waals surface area (Å²) in [7, 11) is 1.18. The molecule has 2 aromatic rings. The predicted molar refractivity (Wildman–Crippen MR) is 67.0 cm³/mol. The Bertz CT molecular complexity index is 634. The molecule has 0 saturated heterocycles. The SMILES string of the molecule is COC(=O)C(N)Cc1c[nH]c2cccc(C(F)(F)F)c12. The first-order valence-electron chi connectivity index (χ1n) is 5.84. The number of hydrogen-bond acceptors (Lipinski definition) is 3. The number of aromatic amines is 1. The highest BCUT2D eigenvalue weighted by molar-refractivity contribution is 5.88. The molecular weight excluding hydrogens is 273 g/mol. The summed E-state index contributed by atoms with van der Waals surface area (Å²) in [6.07, 6.45) is -3.06. The van der Waals surface area contributed by atoms with Crippen LogP contribution in [0.3, 0.4) is 0 Å². The van der Waals surface area contributed by atoms with Crippen molar-refractivity contribution in [3.05, 3.63) is 35.5 Å². The topological polar surface area (TPSA) is 68.1 Å². The van der Waals surface area contributed by atoms with E-state index in [9.17, 15) is 18.0 Å². The second-order valence-corrected chi connectivity index (χ2v) is 4.37.